The highest BCUT2D eigenvalue weighted by Crippen LogP contribution is 2.54. The Morgan fingerprint density at radius 2 is 1.77 bits per heavy atom. The van der Waals surface area contributed by atoms with Crippen LogP contribution in [-0.2, 0) is 23.7 Å². The highest BCUT2D eigenvalue weighted by Gasteiger charge is 2.49. The number of hydrogen-bond acceptors (Lipinski definition) is 6. The van der Waals surface area contributed by atoms with Crippen molar-refractivity contribution in [1.29, 1.82) is 0 Å². The van der Waals surface area contributed by atoms with E-state index in [0.717, 1.165) is 0 Å². The molecule has 1 aliphatic heterocycles. The quantitative estimate of drug-likeness (QED) is 0.229. The van der Waals surface area contributed by atoms with Crippen molar-refractivity contribution in [2.24, 2.45) is 0 Å². The first-order chi connectivity index (χ1) is 14.6. The van der Waals surface area contributed by atoms with Crippen LogP contribution in [-0.4, -0.2) is 32.5 Å². The molecule has 1 heterocycles. The number of anilines is 1. The minimum absolute atomic E-state index is 0.0705. The maximum absolute atomic E-state index is 13.6. The summed E-state index contributed by atoms with van der Waals surface area (Å²) >= 11 is 19.6. The smallest absolute Gasteiger partial charge is 0.309 e. The van der Waals surface area contributed by atoms with Gasteiger partial charge in [-0.25, -0.2) is 8.42 Å². The molecule has 2 aromatic carbocycles. The zero-order valence-electron chi connectivity index (χ0n) is 16.7. The zero-order valence-corrected chi connectivity index (χ0v) is 20.6. The first-order valence-electron chi connectivity index (χ1n) is 9.27. The van der Waals surface area contributed by atoms with Crippen LogP contribution in [0.5, 0.6) is 0 Å². The van der Waals surface area contributed by atoms with Crippen LogP contribution in [0.25, 0.3) is 0 Å². The van der Waals surface area contributed by atoms with Crippen LogP contribution in [0.15, 0.2) is 47.4 Å². The number of carbonyl (C=O) groups excluding carboxylic acids is 1. The van der Waals surface area contributed by atoms with E-state index in [1.54, 1.807) is 19.1 Å². The first-order valence-corrected chi connectivity index (χ1v) is 12.6. The lowest BCUT2D eigenvalue weighted by molar-refractivity contribution is -0.142. The molecule has 6 nitrogen and oxygen atoms in total. The van der Waals surface area contributed by atoms with E-state index in [0.29, 0.717) is 22.9 Å². The fourth-order valence-corrected chi connectivity index (χ4v) is 5.99. The van der Waals surface area contributed by atoms with Crippen LogP contribution in [0.1, 0.15) is 26.2 Å². The van der Waals surface area contributed by atoms with Gasteiger partial charge in [-0.3, -0.25) is 13.3 Å². The Bertz CT molecular complexity index is 1060. The van der Waals surface area contributed by atoms with E-state index in [1.807, 2.05) is 0 Å². The Morgan fingerprint density at radius 3 is 2.35 bits per heavy atom. The van der Waals surface area contributed by atoms with Crippen molar-refractivity contribution in [1.82, 2.24) is 0 Å². The molecule has 31 heavy (non-hydrogen) atoms. The summed E-state index contributed by atoms with van der Waals surface area (Å²) in [5.41, 5.74) is 0.267. The lowest BCUT2D eigenvalue weighted by atomic mass is 10.1. The Morgan fingerprint density at radius 1 is 1.16 bits per heavy atom. The number of methoxy groups -OCH3 is 1. The molecule has 0 spiro atoms. The van der Waals surface area contributed by atoms with Gasteiger partial charge in [0.1, 0.15) is 0 Å². The summed E-state index contributed by atoms with van der Waals surface area (Å²) < 4.78 is 38.6. The minimum Gasteiger partial charge on any atom is -0.469 e. The van der Waals surface area contributed by atoms with Crippen molar-refractivity contribution in [3.05, 3.63) is 57.5 Å². The highest BCUT2D eigenvalue weighted by atomic mass is 35.5. The predicted molar refractivity (Wildman–Crippen MR) is 124 cm³/mol. The van der Waals surface area contributed by atoms with Gasteiger partial charge in [0.15, 0.2) is 4.93 Å². The van der Waals surface area contributed by atoms with Crippen molar-refractivity contribution >= 4 is 68.5 Å². The fourth-order valence-electron chi connectivity index (χ4n) is 3.11. The molecule has 1 saturated heterocycles. The maximum Gasteiger partial charge on any atom is 0.309 e. The van der Waals surface area contributed by atoms with Gasteiger partial charge in [0.2, 0.25) is 0 Å². The van der Waals surface area contributed by atoms with E-state index in [4.69, 9.17) is 43.7 Å². The third-order valence-electron chi connectivity index (χ3n) is 4.82. The molecule has 3 rings (SSSR count). The van der Waals surface area contributed by atoms with Crippen LogP contribution >= 0.6 is 46.8 Å². The molecule has 0 bridgehead atoms. The Labute approximate surface area is 201 Å². The lowest BCUT2D eigenvalue weighted by Crippen LogP contribution is -2.39. The number of carbonyl (C=O) groups is 1. The molecule has 0 aromatic heterocycles. The summed E-state index contributed by atoms with van der Waals surface area (Å²) in [4.78, 5) is 11.0. The van der Waals surface area contributed by atoms with Gasteiger partial charge in [0.25, 0.3) is 10.0 Å². The average Bonchev–Trinajstić information content (AvgIpc) is 3.49. The molecule has 0 amide bonds. The largest absolute Gasteiger partial charge is 0.469 e. The Kier molecular flexibility index (Phi) is 7.71. The molecule has 2 aromatic rings. The van der Waals surface area contributed by atoms with E-state index < -0.39 is 21.0 Å². The maximum atomic E-state index is 13.6. The molecule has 11 heteroatoms. The van der Waals surface area contributed by atoms with Crippen molar-refractivity contribution in [2.45, 2.75) is 42.1 Å². The van der Waals surface area contributed by atoms with Crippen LogP contribution in [0.2, 0.25) is 15.1 Å². The van der Waals surface area contributed by atoms with Crippen molar-refractivity contribution in [3.8, 4) is 0 Å². The van der Waals surface area contributed by atoms with Gasteiger partial charge in [-0.05, 0) is 62.2 Å². The van der Waals surface area contributed by atoms with E-state index in [-0.39, 0.29) is 28.0 Å². The SMILES string of the molecule is COC(=O)CC1(CC[C@@H](C)N(c2cc(Cl)ccc2Cl)S(=O)(=O)c2ccc(Cl)cc2)OS1. The molecule has 0 aliphatic carbocycles. The molecule has 0 N–H and O–H groups in total. The number of halogens is 3. The minimum atomic E-state index is -3.99. The van der Waals surface area contributed by atoms with Crippen LogP contribution < -0.4 is 4.31 Å². The van der Waals surface area contributed by atoms with Crippen LogP contribution in [0, 0.1) is 0 Å². The van der Waals surface area contributed by atoms with Gasteiger partial charge < -0.3 is 4.74 Å². The Hall–Kier alpha value is -1.16. The topological polar surface area (TPSA) is 76.2 Å². The fraction of sp³-hybridized carbons (Fsp3) is 0.350. The standard InChI is InChI=1S/C20H20Cl3NO5S2/c1-13(9-10-20(29-30-20)12-19(25)28-2)24(18-11-15(22)5-8-17(18)23)31(26,27)16-6-3-14(21)4-7-16/h3-8,11,13H,9-10,12H2,1-2H3/t13-,20?/m1/s1. The summed E-state index contributed by atoms with van der Waals surface area (Å²) in [6.07, 6.45) is 0.932. The number of nitrogens with zero attached hydrogens (tertiary/aromatic N) is 1. The second-order valence-electron chi connectivity index (χ2n) is 7.07. The average molecular weight is 525 g/mol. The molecule has 1 aliphatic rings. The summed E-state index contributed by atoms with van der Waals surface area (Å²) in [6, 6.07) is 10.0. The number of sulfonamides is 1. The first kappa shape index (κ1) is 24.5. The number of benzene rings is 2. The zero-order chi connectivity index (χ0) is 22.8. The molecule has 1 unspecified atom stereocenters. The number of rotatable bonds is 9. The summed E-state index contributed by atoms with van der Waals surface area (Å²) in [7, 11) is -2.68. The van der Waals surface area contributed by atoms with Gasteiger partial charge in [-0.15, -0.1) is 0 Å². The second-order valence-corrected chi connectivity index (χ2v) is 11.2. The summed E-state index contributed by atoms with van der Waals surface area (Å²) in [5.74, 6) is -0.388. The van der Waals surface area contributed by atoms with Gasteiger partial charge in [-0.1, -0.05) is 34.8 Å². The number of hydrogen-bond donors (Lipinski definition) is 0. The van der Waals surface area contributed by atoms with Crippen LogP contribution in [0.3, 0.4) is 0 Å². The van der Waals surface area contributed by atoms with E-state index in [1.165, 1.54) is 53.8 Å². The van der Waals surface area contributed by atoms with Gasteiger partial charge in [-0.2, -0.15) is 0 Å². The molecule has 2 atom stereocenters. The molecule has 168 valence electrons. The molecule has 1 fully saturated rings. The molecular formula is C20H20Cl3NO5S2. The lowest BCUT2D eigenvalue weighted by Gasteiger charge is -2.32. The summed E-state index contributed by atoms with van der Waals surface area (Å²) in [6.45, 7) is 1.77. The molecule has 0 radical (unpaired) electrons. The highest BCUT2D eigenvalue weighted by molar-refractivity contribution is 8.01. The van der Waals surface area contributed by atoms with Gasteiger partial charge >= 0.3 is 5.97 Å². The Balaban J connectivity index is 1.93. The van der Waals surface area contributed by atoms with E-state index in [9.17, 15) is 13.2 Å². The van der Waals surface area contributed by atoms with Gasteiger partial charge in [0.05, 0.1) is 29.1 Å². The number of esters is 1. The summed E-state index contributed by atoms with van der Waals surface area (Å²) in [5, 5.41) is 1.02. The van der Waals surface area contributed by atoms with Crippen molar-refractivity contribution < 1.29 is 22.1 Å². The molecule has 0 saturated carbocycles. The predicted octanol–water partition coefficient (Wildman–Crippen LogP) is 5.95. The number of ether oxygens (including phenoxy) is 1. The van der Waals surface area contributed by atoms with Gasteiger partial charge in [0, 0.05) is 28.1 Å². The third-order valence-corrected chi connectivity index (χ3v) is 8.56. The normalized spacial score (nSPS) is 19.0. The van der Waals surface area contributed by atoms with E-state index in [2.05, 4.69) is 0 Å². The van der Waals surface area contributed by atoms with Crippen molar-refractivity contribution in [3.63, 3.8) is 0 Å². The third kappa shape index (κ3) is 5.80. The van der Waals surface area contributed by atoms with Crippen molar-refractivity contribution in [2.75, 3.05) is 11.4 Å². The van der Waals surface area contributed by atoms with E-state index >= 15 is 0 Å². The molecular weight excluding hydrogens is 505 g/mol. The van der Waals surface area contributed by atoms with Crippen LogP contribution in [0.4, 0.5) is 5.69 Å². The monoisotopic (exact) mass is 523 g/mol. The second kappa shape index (κ2) is 9.77.